The van der Waals surface area contributed by atoms with E-state index < -0.39 is 15.6 Å². The van der Waals surface area contributed by atoms with Crippen LogP contribution in [0.5, 0.6) is 0 Å². The van der Waals surface area contributed by atoms with Gasteiger partial charge in [-0.2, -0.15) is 9.57 Å². The van der Waals surface area contributed by atoms with Gasteiger partial charge in [0, 0.05) is 26.2 Å². The van der Waals surface area contributed by atoms with E-state index >= 15 is 0 Å². The molecule has 1 saturated carbocycles. The minimum Gasteiger partial charge on any atom is -0.337 e. The average molecular weight is 314 g/mol. The first-order chi connectivity index (χ1) is 9.74. The molecule has 1 heterocycles. The van der Waals surface area contributed by atoms with Crippen LogP contribution in [0.25, 0.3) is 0 Å². The summed E-state index contributed by atoms with van der Waals surface area (Å²) < 4.78 is 24.3. The largest absolute Gasteiger partial charge is 0.337 e. The zero-order chi connectivity index (χ0) is 15.7. The SMILES string of the molecule is CC(C#N)(NC(=O)CN1CCN(S(C)(=O)=O)CC1)C1CC1. The van der Waals surface area contributed by atoms with E-state index in [2.05, 4.69) is 11.4 Å². The van der Waals surface area contributed by atoms with Crippen molar-refractivity contribution in [3.8, 4) is 6.07 Å². The molecule has 21 heavy (non-hydrogen) atoms. The first-order valence-electron chi connectivity index (χ1n) is 7.14. The number of amides is 1. The molecule has 0 aromatic rings. The Kier molecular flexibility index (Phi) is 4.56. The molecule has 0 bridgehead atoms. The predicted molar refractivity (Wildman–Crippen MR) is 77.7 cm³/mol. The number of rotatable bonds is 5. The summed E-state index contributed by atoms with van der Waals surface area (Å²) >= 11 is 0. The second-order valence-electron chi connectivity index (χ2n) is 6.07. The number of sulfonamides is 1. The number of nitrogens with one attached hydrogen (secondary N) is 1. The third-order valence-corrected chi connectivity index (χ3v) is 5.50. The molecule has 0 aromatic carbocycles. The standard InChI is InChI=1S/C13H22N4O3S/c1-13(10-14,11-3-4-11)15-12(18)9-16-5-7-17(8-6-16)21(2,19)20/h11H,3-9H2,1-2H3,(H,15,18). The molecule has 1 amide bonds. The van der Waals surface area contributed by atoms with Crippen LogP contribution in [0.2, 0.25) is 0 Å². The maximum Gasteiger partial charge on any atom is 0.235 e. The lowest BCUT2D eigenvalue weighted by molar-refractivity contribution is -0.123. The van der Waals surface area contributed by atoms with Gasteiger partial charge in [0.2, 0.25) is 15.9 Å². The Bertz CT molecular complexity index is 544. The second-order valence-corrected chi connectivity index (χ2v) is 8.06. The molecule has 1 aliphatic carbocycles. The second kappa shape index (κ2) is 5.91. The van der Waals surface area contributed by atoms with Gasteiger partial charge in [-0.25, -0.2) is 8.42 Å². The van der Waals surface area contributed by atoms with Crippen LogP contribution in [0, 0.1) is 17.2 Å². The Morgan fingerprint density at radius 1 is 1.33 bits per heavy atom. The summed E-state index contributed by atoms with van der Waals surface area (Å²) in [4.78, 5) is 14.0. The Morgan fingerprint density at radius 3 is 2.33 bits per heavy atom. The van der Waals surface area contributed by atoms with Crippen molar-refractivity contribution >= 4 is 15.9 Å². The third-order valence-electron chi connectivity index (χ3n) is 4.19. The van der Waals surface area contributed by atoms with Crippen molar-refractivity contribution in [2.75, 3.05) is 39.0 Å². The van der Waals surface area contributed by atoms with E-state index in [1.165, 1.54) is 10.6 Å². The highest BCUT2D eigenvalue weighted by Gasteiger charge is 2.43. The summed E-state index contributed by atoms with van der Waals surface area (Å²) in [5.41, 5.74) is -0.772. The molecular formula is C13H22N4O3S. The molecule has 7 nitrogen and oxygen atoms in total. The number of piperazine rings is 1. The lowest BCUT2D eigenvalue weighted by Gasteiger charge is -2.33. The number of nitriles is 1. The summed E-state index contributed by atoms with van der Waals surface area (Å²) in [6, 6.07) is 2.20. The molecule has 0 radical (unpaired) electrons. The van der Waals surface area contributed by atoms with Gasteiger partial charge in [-0.05, 0) is 25.7 Å². The van der Waals surface area contributed by atoms with Crippen LogP contribution in [0.1, 0.15) is 19.8 Å². The topological polar surface area (TPSA) is 93.5 Å². The van der Waals surface area contributed by atoms with Crippen molar-refractivity contribution < 1.29 is 13.2 Å². The number of nitrogens with zero attached hydrogens (tertiary/aromatic N) is 3. The van der Waals surface area contributed by atoms with Crippen molar-refractivity contribution in [3.63, 3.8) is 0 Å². The van der Waals surface area contributed by atoms with Crippen molar-refractivity contribution in [2.45, 2.75) is 25.3 Å². The fourth-order valence-electron chi connectivity index (χ4n) is 2.63. The zero-order valence-electron chi connectivity index (χ0n) is 12.5. The van der Waals surface area contributed by atoms with E-state index in [1.807, 2.05) is 4.90 Å². The highest BCUT2D eigenvalue weighted by molar-refractivity contribution is 7.88. The lowest BCUT2D eigenvalue weighted by Crippen LogP contribution is -2.54. The molecule has 1 N–H and O–H groups in total. The molecule has 2 rings (SSSR count). The predicted octanol–water partition coefficient (Wildman–Crippen LogP) is -0.628. The quantitative estimate of drug-likeness (QED) is 0.729. The summed E-state index contributed by atoms with van der Waals surface area (Å²) in [6.07, 6.45) is 3.16. The minimum absolute atomic E-state index is 0.168. The highest BCUT2D eigenvalue weighted by Crippen LogP contribution is 2.39. The van der Waals surface area contributed by atoms with Crippen LogP contribution in [0.3, 0.4) is 0 Å². The molecule has 0 spiro atoms. The molecular weight excluding hydrogens is 292 g/mol. The molecule has 1 saturated heterocycles. The van der Waals surface area contributed by atoms with Crippen LogP contribution in [0.15, 0.2) is 0 Å². The fraction of sp³-hybridized carbons (Fsp3) is 0.846. The van der Waals surface area contributed by atoms with Crippen molar-refractivity contribution in [3.05, 3.63) is 0 Å². The Morgan fingerprint density at radius 2 is 1.90 bits per heavy atom. The smallest absolute Gasteiger partial charge is 0.235 e. The molecule has 2 fully saturated rings. The van der Waals surface area contributed by atoms with E-state index in [0.717, 1.165) is 12.8 Å². The van der Waals surface area contributed by atoms with Gasteiger partial charge in [0.25, 0.3) is 0 Å². The maximum absolute atomic E-state index is 12.1. The monoisotopic (exact) mass is 314 g/mol. The minimum atomic E-state index is -3.15. The highest BCUT2D eigenvalue weighted by atomic mass is 32.2. The van der Waals surface area contributed by atoms with Crippen molar-refractivity contribution in [2.24, 2.45) is 5.92 Å². The maximum atomic E-state index is 12.1. The van der Waals surface area contributed by atoms with E-state index in [1.54, 1.807) is 6.92 Å². The normalized spacial score (nSPS) is 24.0. The molecule has 1 aliphatic heterocycles. The van der Waals surface area contributed by atoms with Crippen LogP contribution >= 0.6 is 0 Å². The Labute approximate surface area is 125 Å². The summed E-state index contributed by atoms with van der Waals surface area (Å²) in [6.45, 7) is 3.86. The molecule has 2 aliphatic rings. The van der Waals surface area contributed by atoms with E-state index in [9.17, 15) is 18.5 Å². The first-order valence-corrected chi connectivity index (χ1v) is 8.99. The van der Waals surface area contributed by atoms with Gasteiger partial charge in [-0.1, -0.05) is 0 Å². The van der Waals surface area contributed by atoms with Gasteiger partial charge >= 0.3 is 0 Å². The molecule has 8 heteroatoms. The molecule has 1 atom stereocenters. The van der Waals surface area contributed by atoms with E-state index in [0.29, 0.717) is 26.2 Å². The zero-order valence-corrected chi connectivity index (χ0v) is 13.3. The summed E-state index contributed by atoms with van der Waals surface area (Å²) in [7, 11) is -3.15. The van der Waals surface area contributed by atoms with Gasteiger partial charge < -0.3 is 5.32 Å². The fourth-order valence-corrected chi connectivity index (χ4v) is 3.46. The van der Waals surface area contributed by atoms with E-state index in [-0.39, 0.29) is 18.4 Å². The van der Waals surface area contributed by atoms with Crippen LogP contribution in [-0.2, 0) is 14.8 Å². The van der Waals surface area contributed by atoms with Gasteiger partial charge in [0.1, 0.15) is 5.54 Å². The van der Waals surface area contributed by atoms with Crippen LogP contribution < -0.4 is 5.32 Å². The number of carbonyl (C=O) groups is 1. The Hall–Kier alpha value is -1.17. The Balaban J connectivity index is 1.81. The molecule has 1 unspecified atom stereocenters. The third kappa shape index (κ3) is 4.15. The van der Waals surface area contributed by atoms with Crippen LogP contribution in [-0.4, -0.2) is 68.0 Å². The van der Waals surface area contributed by atoms with Crippen molar-refractivity contribution in [1.82, 2.24) is 14.5 Å². The van der Waals surface area contributed by atoms with Gasteiger partial charge in [-0.15, -0.1) is 0 Å². The average Bonchev–Trinajstić information content (AvgIpc) is 3.22. The summed E-state index contributed by atoms with van der Waals surface area (Å²) in [5.74, 6) is 0.0901. The number of hydrogen-bond donors (Lipinski definition) is 1. The lowest BCUT2D eigenvalue weighted by atomic mass is 9.98. The molecule has 0 aromatic heterocycles. The van der Waals surface area contributed by atoms with Crippen LogP contribution in [0.4, 0.5) is 0 Å². The van der Waals surface area contributed by atoms with E-state index in [4.69, 9.17) is 0 Å². The number of carbonyl (C=O) groups excluding carboxylic acids is 1. The van der Waals surface area contributed by atoms with Gasteiger partial charge in [0.05, 0.1) is 18.9 Å². The first kappa shape index (κ1) is 16.2. The van der Waals surface area contributed by atoms with Gasteiger partial charge in [0.15, 0.2) is 0 Å². The van der Waals surface area contributed by atoms with Crippen molar-refractivity contribution in [1.29, 1.82) is 5.26 Å². The van der Waals surface area contributed by atoms with Gasteiger partial charge in [-0.3, -0.25) is 9.69 Å². The number of hydrogen-bond acceptors (Lipinski definition) is 5. The molecule has 118 valence electrons. The summed E-state index contributed by atoms with van der Waals surface area (Å²) in [5, 5.41) is 12.0.